The number of carbonyl (C=O) groups is 1. The largest absolute Gasteiger partial charge is 0.454 e. The highest BCUT2D eigenvalue weighted by Crippen LogP contribution is 2.49. The van der Waals surface area contributed by atoms with Crippen LogP contribution in [0, 0.1) is 11.7 Å². The Labute approximate surface area is 181 Å². The first-order chi connectivity index (χ1) is 15.0. The summed E-state index contributed by atoms with van der Waals surface area (Å²) in [6.07, 6.45) is 7.55. The van der Waals surface area contributed by atoms with Crippen LogP contribution in [-0.2, 0) is 4.79 Å². The Balaban J connectivity index is 1.43. The molecule has 1 saturated carbocycles. The molecule has 5 nitrogen and oxygen atoms in total. The molecule has 1 aliphatic carbocycles. The van der Waals surface area contributed by atoms with E-state index in [4.69, 9.17) is 9.47 Å². The number of rotatable bonds is 3. The lowest BCUT2D eigenvalue weighted by Gasteiger charge is -2.52. The molecular weight excluding hydrogens is 397 g/mol. The predicted molar refractivity (Wildman–Crippen MR) is 114 cm³/mol. The Hall–Kier alpha value is -2.86. The summed E-state index contributed by atoms with van der Waals surface area (Å²) in [6.45, 7) is 0.679. The highest BCUT2D eigenvalue weighted by atomic mass is 19.1. The zero-order chi connectivity index (χ0) is 21.4. The van der Waals surface area contributed by atoms with Gasteiger partial charge in [-0.3, -0.25) is 4.79 Å². The minimum Gasteiger partial charge on any atom is -0.454 e. The van der Waals surface area contributed by atoms with Crippen molar-refractivity contribution in [2.75, 3.05) is 13.3 Å². The number of fused-ring (bicyclic) bond motifs is 2. The van der Waals surface area contributed by atoms with Crippen molar-refractivity contribution >= 4 is 12.0 Å². The van der Waals surface area contributed by atoms with E-state index in [1.807, 2.05) is 23.1 Å². The van der Waals surface area contributed by atoms with E-state index in [1.165, 1.54) is 12.1 Å². The van der Waals surface area contributed by atoms with Crippen molar-refractivity contribution in [1.82, 2.24) is 4.90 Å². The number of likely N-dealkylation sites (tertiary alicyclic amines) is 1. The van der Waals surface area contributed by atoms with Crippen LogP contribution < -0.4 is 9.47 Å². The van der Waals surface area contributed by atoms with Gasteiger partial charge in [-0.1, -0.05) is 31.0 Å². The summed E-state index contributed by atoms with van der Waals surface area (Å²) in [4.78, 5) is 15.1. The van der Waals surface area contributed by atoms with Crippen LogP contribution >= 0.6 is 0 Å². The van der Waals surface area contributed by atoms with E-state index in [9.17, 15) is 14.3 Å². The zero-order valence-corrected chi connectivity index (χ0v) is 17.3. The highest BCUT2D eigenvalue weighted by Gasteiger charge is 2.49. The maximum atomic E-state index is 13.6. The van der Waals surface area contributed by atoms with Crippen molar-refractivity contribution in [1.29, 1.82) is 0 Å². The first kappa shape index (κ1) is 20.1. The monoisotopic (exact) mass is 423 g/mol. The molecule has 0 spiro atoms. The number of hydrogen-bond acceptors (Lipinski definition) is 4. The molecular formula is C25H26FNO4. The Kier molecular flexibility index (Phi) is 5.18. The van der Waals surface area contributed by atoms with Crippen molar-refractivity contribution in [3.8, 4) is 11.5 Å². The molecule has 0 aromatic heterocycles. The molecule has 3 aliphatic rings. The number of aliphatic hydroxyl groups is 1. The second-order valence-electron chi connectivity index (χ2n) is 8.68. The van der Waals surface area contributed by atoms with Gasteiger partial charge in [0.2, 0.25) is 12.7 Å². The van der Waals surface area contributed by atoms with Crippen LogP contribution in [0.1, 0.15) is 49.3 Å². The van der Waals surface area contributed by atoms with Gasteiger partial charge in [0.1, 0.15) is 5.82 Å². The molecule has 2 aliphatic heterocycles. The molecule has 3 atom stereocenters. The van der Waals surface area contributed by atoms with Crippen molar-refractivity contribution in [3.63, 3.8) is 0 Å². The van der Waals surface area contributed by atoms with Crippen molar-refractivity contribution in [2.45, 2.75) is 43.7 Å². The Morgan fingerprint density at radius 3 is 2.74 bits per heavy atom. The smallest absolute Gasteiger partial charge is 0.247 e. The molecule has 2 heterocycles. The summed E-state index contributed by atoms with van der Waals surface area (Å²) in [5, 5.41) is 11.3. The summed E-state index contributed by atoms with van der Waals surface area (Å²) in [5.41, 5.74) is 0.952. The average molecular weight is 423 g/mol. The molecule has 6 heteroatoms. The molecule has 5 rings (SSSR count). The molecule has 1 amide bonds. The number of hydrogen-bond donors (Lipinski definition) is 1. The normalized spacial score (nSPS) is 27.4. The number of amides is 1. The first-order valence-electron chi connectivity index (χ1n) is 10.9. The van der Waals surface area contributed by atoms with E-state index in [-0.39, 0.29) is 30.5 Å². The van der Waals surface area contributed by atoms with Gasteiger partial charge in [-0.15, -0.1) is 0 Å². The van der Waals surface area contributed by atoms with Gasteiger partial charge in [0.25, 0.3) is 0 Å². The van der Waals surface area contributed by atoms with E-state index in [1.54, 1.807) is 24.3 Å². The van der Waals surface area contributed by atoms with Crippen LogP contribution in [0.5, 0.6) is 11.5 Å². The number of piperidine rings is 1. The van der Waals surface area contributed by atoms with Crippen LogP contribution in [0.3, 0.4) is 0 Å². The lowest BCUT2D eigenvalue weighted by atomic mass is 9.66. The molecule has 31 heavy (non-hydrogen) atoms. The number of ether oxygens (including phenoxy) is 2. The van der Waals surface area contributed by atoms with E-state index in [0.717, 1.165) is 36.8 Å². The van der Waals surface area contributed by atoms with Gasteiger partial charge in [-0.05, 0) is 60.7 Å². The Bertz CT molecular complexity index is 1010. The molecule has 0 bridgehead atoms. The van der Waals surface area contributed by atoms with Gasteiger partial charge < -0.3 is 19.5 Å². The quantitative estimate of drug-likeness (QED) is 0.741. The fourth-order valence-corrected chi connectivity index (χ4v) is 5.28. The fourth-order valence-electron chi connectivity index (χ4n) is 5.28. The summed E-state index contributed by atoms with van der Waals surface area (Å²) < 4.78 is 24.3. The maximum absolute atomic E-state index is 13.6. The molecule has 162 valence electrons. The third kappa shape index (κ3) is 3.81. The number of carbonyl (C=O) groups excluding carboxylic acids is 1. The van der Waals surface area contributed by atoms with E-state index in [2.05, 4.69) is 0 Å². The summed E-state index contributed by atoms with van der Waals surface area (Å²) >= 11 is 0. The van der Waals surface area contributed by atoms with Gasteiger partial charge in [-0.25, -0.2) is 4.39 Å². The minimum absolute atomic E-state index is 0.0524. The van der Waals surface area contributed by atoms with Crippen LogP contribution in [-0.4, -0.2) is 34.9 Å². The van der Waals surface area contributed by atoms with E-state index >= 15 is 0 Å². The van der Waals surface area contributed by atoms with E-state index in [0.29, 0.717) is 24.5 Å². The second-order valence-corrected chi connectivity index (χ2v) is 8.68. The maximum Gasteiger partial charge on any atom is 0.247 e. The van der Waals surface area contributed by atoms with Gasteiger partial charge in [0.15, 0.2) is 11.5 Å². The zero-order valence-electron chi connectivity index (χ0n) is 17.3. The molecule has 2 aromatic carbocycles. The SMILES string of the molecule is O=C(/C=C/c1ccc2c(c1)OCO2)N1CC[C@]2(O)CCCC[C@H]2[C@@H]1c1ccc(F)cc1. The average Bonchev–Trinajstić information content (AvgIpc) is 3.25. The van der Waals surface area contributed by atoms with Gasteiger partial charge >= 0.3 is 0 Å². The van der Waals surface area contributed by atoms with Crippen LogP contribution in [0.2, 0.25) is 0 Å². The van der Waals surface area contributed by atoms with Gasteiger partial charge in [0, 0.05) is 18.5 Å². The third-order valence-corrected chi connectivity index (χ3v) is 6.88. The molecule has 1 N–H and O–H groups in total. The fraction of sp³-hybridized carbons (Fsp3) is 0.400. The standard InChI is InChI=1S/C25H26FNO4/c26-19-8-6-18(7-9-19)24-20-3-1-2-12-25(20,29)13-14-27(24)23(28)11-5-17-4-10-21-22(15-17)31-16-30-21/h4-11,15,20,24,29H,1-3,12-14,16H2/b11-5+/t20-,24-,25+/m0/s1. The van der Waals surface area contributed by atoms with E-state index < -0.39 is 5.60 Å². The summed E-state index contributed by atoms with van der Waals surface area (Å²) in [7, 11) is 0. The first-order valence-corrected chi connectivity index (χ1v) is 10.9. The van der Waals surface area contributed by atoms with Crippen LogP contribution in [0.25, 0.3) is 6.08 Å². The van der Waals surface area contributed by atoms with Crippen molar-refractivity contribution in [2.24, 2.45) is 5.92 Å². The molecule has 0 radical (unpaired) electrons. The van der Waals surface area contributed by atoms with Crippen molar-refractivity contribution in [3.05, 3.63) is 65.5 Å². The topological polar surface area (TPSA) is 59.0 Å². The molecule has 2 aromatic rings. The number of benzene rings is 2. The third-order valence-electron chi connectivity index (χ3n) is 6.88. The Morgan fingerprint density at radius 1 is 1.10 bits per heavy atom. The molecule has 1 saturated heterocycles. The van der Waals surface area contributed by atoms with Crippen molar-refractivity contribution < 1.29 is 23.8 Å². The van der Waals surface area contributed by atoms with Crippen LogP contribution in [0.4, 0.5) is 4.39 Å². The molecule has 2 fully saturated rings. The predicted octanol–water partition coefficient (Wildman–Crippen LogP) is 4.46. The second kappa shape index (κ2) is 8.00. The lowest BCUT2D eigenvalue weighted by molar-refractivity contribution is -0.150. The van der Waals surface area contributed by atoms with Gasteiger partial charge in [-0.2, -0.15) is 0 Å². The number of nitrogens with zero attached hydrogens (tertiary/aromatic N) is 1. The lowest BCUT2D eigenvalue weighted by Crippen LogP contribution is -2.56. The minimum atomic E-state index is -0.769. The highest BCUT2D eigenvalue weighted by molar-refractivity contribution is 5.92. The Morgan fingerprint density at radius 2 is 1.90 bits per heavy atom. The summed E-state index contributed by atoms with van der Waals surface area (Å²) in [6, 6.07) is 11.6. The van der Waals surface area contributed by atoms with Crippen LogP contribution in [0.15, 0.2) is 48.5 Å². The van der Waals surface area contributed by atoms with Gasteiger partial charge in [0.05, 0.1) is 11.6 Å². The molecule has 0 unspecified atom stereocenters. The number of halogens is 1. The summed E-state index contributed by atoms with van der Waals surface area (Å²) in [5.74, 6) is 0.901.